The molecule has 0 saturated heterocycles. The lowest BCUT2D eigenvalue weighted by Gasteiger charge is -2.05. The molecule has 2 rings (SSSR count). The third kappa shape index (κ3) is 4.33. The molecule has 0 saturated carbocycles. The van der Waals surface area contributed by atoms with E-state index in [9.17, 15) is 9.50 Å². The highest BCUT2D eigenvalue weighted by atomic mass is 19.1. The summed E-state index contributed by atoms with van der Waals surface area (Å²) in [6, 6.07) is 10.6. The lowest BCUT2D eigenvalue weighted by Crippen LogP contribution is -2.03. The van der Waals surface area contributed by atoms with E-state index in [1.807, 2.05) is 30.3 Å². The van der Waals surface area contributed by atoms with Crippen molar-refractivity contribution in [2.24, 2.45) is 0 Å². The van der Waals surface area contributed by atoms with Crippen LogP contribution in [0.15, 0.2) is 36.4 Å². The molecule has 1 N–H and O–H groups in total. The number of phenolic OH excluding ortho intramolecular Hbond substituents is 1. The first-order chi connectivity index (χ1) is 10.6. The highest BCUT2D eigenvalue weighted by molar-refractivity contribution is 5.70. The van der Waals surface area contributed by atoms with Gasteiger partial charge in [-0.05, 0) is 47.9 Å². The van der Waals surface area contributed by atoms with Gasteiger partial charge in [-0.15, -0.1) is 0 Å². The van der Waals surface area contributed by atoms with Gasteiger partial charge in [-0.2, -0.15) is 0 Å². The summed E-state index contributed by atoms with van der Waals surface area (Å²) >= 11 is 0. The van der Waals surface area contributed by atoms with Crippen molar-refractivity contribution in [1.82, 2.24) is 0 Å². The molecule has 2 aromatic carbocycles. The third-order valence-electron chi connectivity index (χ3n) is 3.18. The fourth-order valence-electron chi connectivity index (χ4n) is 1.97. The first-order valence-electron chi connectivity index (χ1n) is 6.99. The van der Waals surface area contributed by atoms with Crippen molar-refractivity contribution in [2.75, 3.05) is 20.3 Å². The van der Waals surface area contributed by atoms with Gasteiger partial charge in [-0.25, -0.2) is 4.39 Å². The number of aromatic hydroxyl groups is 1. The molecule has 0 amide bonds. The van der Waals surface area contributed by atoms with Crippen molar-refractivity contribution < 1.29 is 19.0 Å². The molecule has 3 nitrogen and oxygen atoms in total. The molecular formula is C18H19FO3. The molecular weight excluding hydrogens is 283 g/mol. The summed E-state index contributed by atoms with van der Waals surface area (Å²) in [6.07, 6.45) is 3.68. The first kappa shape index (κ1) is 16.0. The highest BCUT2D eigenvalue weighted by Gasteiger charge is 2.04. The molecule has 116 valence electrons. The minimum atomic E-state index is -0.610. The topological polar surface area (TPSA) is 38.7 Å². The van der Waals surface area contributed by atoms with Crippen LogP contribution in [0.25, 0.3) is 12.2 Å². The number of benzene rings is 2. The van der Waals surface area contributed by atoms with Crippen LogP contribution >= 0.6 is 0 Å². The second-order valence-corrected chi connectivity index (χ2v) is 4.91. The monoisotopic (exact) mass is 302 g/mol. The van der Waals surface area contributed by atoms with Crippen molar-refractivity contribution in [1.29, 1.82) is 0 Å². The van der Waals surface area contributed by atoms with Crippen molar-refractivity contribution in [3.8, 4) is 11.5 Å². The Bertz CT molecular complexity index is 625. The van der Waals surface area contributed by atoms with Gasteiger partial charge in [0.05, 0.1) is 6.61 Å². The zero-order valence-corrected chi connectivity index (χ0v) is 12.7. The van der Waals surface area contributed by atoms with E-state index in [0.717, 1.165) is 11.3 Å². The number of aryl methyl sites for hydroxylation is 1. The molecule has 0 atom stereocenters. The number of ether oxygens (including phenoxy) is 2. The lowest BCUT2D eigenvalue weighted by atomic mass is 10.1. The smallest absolute Gasteiger partial charge is 0.165 e. The Kier molecular flexibility index (Phi) is 5.55. The predicted octanol–water partition coefficient (Wildman–Crippen LogP) is 4.04. The lowest BCUT2D eigenvalue weighted by molar-refractivity contribution is 0.146. The number of halogens is 1. The van der Waals surface area contributed by atoms with Crippen LogP contribution in [0.1, 0.15) is 16.7 Å². The fraction of sp³-hybridized carbons (Fsp3) is 0.222. The van der Waals surface area contributed by atoms with E-state index < -0.39 is 5.82 Å². The Morgan fingerprint density at radius 3 is 2.36 bits per heavy atom. The van der Waals surface area contributed by atoms with Crippen LogP contribution in [-0.2, 0) is 4.74 Å². The Balaban J connectivity index is 2.04. The van der Waals surface area contributed by atoms with Gasteiger partial charge in [0.25, 0.3) is 0 Å². The van der Waals surface area contributed by atoms with Crippen LogP contribution in [0.5, 0.6) is 11.5 Å². The summed E-state index contributed by atoms with van der Waals surface area (Å²) in [4.78, 5) is 0. The molecule has 0 aliphatic heterocycles. The van der Waals surface area contributed by atoms with E-state index >= 15 is 0 Å². The summed E-state index contributed by atoms with van der Waals surface area (Å²) in [5, 5.41) is 9.41. The maximum Gasteiger partial charge on any atom is 0.165 e. The van der Waals surface area contributed by atoms with E-state index in [-0.39, 0.29) is 5.75 Å². The molecule has 2 aromatic rings. The van der Waals surface area contributed by atoms with Crippen LogP contribution in [0, 0.1) is 12.7 Å². The minimum absolute atomic E-state index is 0.297. The molecule has 0 fully saturated rings. The third-order valence-corrected chi connectivity index (χ3v) is 3.18. The van der Waals surface area contributed by atoms with Gasteiger partial charge in [0.15, 0.2) is 11.6 Å². The van der Waals surface area contributed by atoms with Crippen LogP contribution in [0.3, 0.4) is 0 Å². The Morgan fingerprint density at radius 2 is 1.73 bits per heavy atom. The molecule has 0 unspecified atom stereocenters. The normalized spacial score (nSPS) is 11.0. The van der Waals surface area contributed by atoms with Crippen LogP contribution in [0.4, 0.5) is 4.39 Å². The molecule has 0 bridgehead atoms. The van der Waals surface area contributed by atoms with Gasteiger partial charge >= 0.3 is 0 Å². The quantitative estimate of drug-likeness (QED) is 0.646. The summed E-state index contributed by atoms with van der Waals surface area (Å²) in [6.45, 7) is 2.73. The van der Waals surface area contributed by atoms with Gasteiger partial charge in [0, 0.05) is 7.11 Å². The van der Waals surface area contributed by atoms with Crippen molar-refractivity contribution in [3.05, 3.63) is 58.9 Å². The van der Waals surface area contributed by atoms with Crippen molar-refractivity contribution in [3.63, 3.8) is 0 Å². The van der Waals surface area contributed by atoms with Gasteiger partial charge in [0.2, 0.25) is 0 Å². The molecule has 0 aromatic heterocycles. The second-order valence-electron chi connectivity index (χ2n) is 4.91. The van der Waals surface area contributed by atoms with E-state index in [0.29, 0.717) is 24.3 Å². The van der Waals surface area contributed by atoms with Crippen molar-refractivity contribution in [2.45, 2.75) is 6.92 Å². The molecule has 0 heterocycles. The molecule has 0 aliphatic carbocycles. The molecule has 22 heavy (non-hydrogen) atoms. The van der Waals surface area contributed by atoms with Crippen molar-refractivity contribution >= 4 is 12.2 Å². The summed E-state index contributed by atoms with van der Waals surface area (Å²) < 4.78 is 23.9. The van der Waals surface area contributed by atoms with Crippen LogP contribution < -0.4 is 4.74 Å². The standard InChI is InChI=1S/C18H19FO3/c1-13-11-15(12-17(19)18(13)20)4-3-14-5-7-16(8-6-14)22-10-9-21-2/h3-8,11-12,20H,9-10H2,1-2H3/b4-3+. The second kappa shape index (κ2) is 7.61. The molecule has 0 aliphatic rings. The fourth-order valence-corrected chi connectivity index (χ4v) is 1.97. The van der Waals surface area contributed by atoms with E-state index in [1.165, 1.54) is 6.07 Å². The Morgan fingerprint density at radius 1 is 1.05 bits per heavy atom. The first-order valence-corrected chi connectivity index (χ1v) is 6.99. The number of phenols is 1. The van der Waals surface area contributed by atoms with Crippen LogP contribution in [-0.4, -0.2) is 25.4 Å². The minimum Gasteiger partial charge on any atom is -0.505 e. The van der Waals surface area contributed by atoms with Gasteiger partial charge < -0.3 is 14.6 Å². The SMILES string of the molecule is COCCOc1ccc(/C=C/c2cc(C)c(O)c(F)c2)cc1. The van der Waals surface area contributed by atoms with E-state index in [2.05, 4.69) is 0 Å². The number of hydrogen-bond donors (Lipinski definition) is 1. The average Bonchev–Trinajstić information content (AvgIpc) is 2.52. The molecule has 0 radical (unpaired) electrons. The zero-order valence-electron chi connectivity index (χ0n) is 12.7. The van der Waals surface area contributed by atoms with Gasteiger partial charge in [0.1, 0.15) is 12.4 Å². The number of hydrogen-bond acceptors (Lipinski definition) is 3. The summed E-state index contributed by atoms with van der Waals surface area (Å²) in [5.74, 6) is -0.128. The van der Waals surface area contributed by atoms with E-state index in [4.69, 9.17) is 9.47 Å². The van der Waals surface area contributed by atoms with Crippen LogP contribution in [0.2, 0.25) is 0 Å². The largest absolute Gasteiger partial charge is 0.505 e. The zero-order chi connectivity index (χ0) is 15.9. The Hall–Kier alpha value is -2.33. The summed E-state index contributed by atoms with van der Waals surface area (Å²) in [7, 11) is 1.63. The average molecular weight is 302 g/mol. The summed E-state index contributed by atoms with van der Waals surface area (Å²) in [5.41, 5.74) is 2.19. The molecule has 4 heteroatoms. The highest BCUT2D eigenvalue weighted by Crippen LogP contribution is 2.23. The van der Waals surface area contributed by atoms with Gasteiger partial charge in [-0.1, -0.05) is 24.3 Å². The maximum absolute atomic E-state index is 13.5. The number of methoxy groups -OCH3 is 1. The van der Waals surface area contributed by atoms with Gasteiger partial charge in [-0.3, -0.25) is 0 Å². The predicted molar refractivity (Wildman–Crippen MR) is 85.5 cm³/mol. The molecule has 0 spiro atoms. The van der Waals surface area contributed by atoms with E-state index in [1.54, 1.807) is 26.2 Å². The Labute approximate surface area is 129 Å². The number of rotatable bonds is 6. The maximum atomic E-state index is 13.5.